The molecule has 0 aliphatic rings. The van der Waals surface area contributed by atoms with Crippen LogP contribution < -0.4 is 34.9 Å². The molecule has 0 heterocycles. The summed E-state index contributed by atoms with van der Waals surface area (Å²) in [6.45, 7) is -0.623. The summed E-state index contributed by atoms with van der Waals surface area (Å²) in [4.78, 5) is 0. The predicted molar refractivity (Wildman–Crippen MR) is 47.5 cm³/mol. The van der Waals surface area contributed by atoms with Crippen LogP contribution in [-0.4, -0.2) is 19.7 Å². The van der Waals surface area contributed by atoms with Crippen molar-refractivity contribution in [3.63, 3.8) is 0 Å². The van der Waals surface area contributed by atoms with Crippen LogP contribution in [0.25, 0.3) is 0 Å². The topological polar surface area (TPSA) is 75.6 Å². The minimum atomic E-state index is -4.56. The predicted octanol–water partition coefficient (Wildman–Crippen LogP) is -1.84. The molecule has 0 radical (unpaired) electrons. The van der Waals surface area contributed by atoms with Gasteiger partial charge >= 0.3 is 40.0 Å². The molecule has 5 nitrogen and oxygen atoms in total. The molecule has 0 atom stereocenters. The second-order valence-electron chi connectivity index (χ2n) is 2.52. The van der Waals surface area contributed by atoms with E-state index in [0.29, 0.717) is 6.07 Å². The minimum Gasteiger partial charge on any atom is -0.361 e. The smallest absolute Gasteiger partial charge is 0.361 e. The van der Waals surface area contributed by atoms with Gasteiger partial charge in [-0.15, -0.1) is 0 Å². The van der Waals surface area contributed by atoms with E-state index in [0.717, 1.165) is 12.1 Å². The number of benzene rings is 1. The van der Waals surface area contributed by atoms with Crippen molar-refractivity contribution in [2.24, 2.45) is 0 Å². The van der Waals surface area contributed by atoms with Gasteiger partial charge < -0.3 is 5.32 Å². The third-order valence-corrected chi connectivity index (χ3v) is 1.76. The molecule has 0 saturated heterocycles. The van der Waals surface area contributed by atoms with Crippen LogP contribution in [0.4, 0.5) is 14.5 Å². The molecular weight excluding hydrogens is 255 g/mol. The molecule has 84 valence electrons. The summed E-state index contributed by atoms with van der Waals surface area (Å²) in [7, 11) is -4.56. The maximum absolute atomic E-state index is 12.6. The number of hydrogen-bond acceptors (Lipinski definition) is 4. The van der Waals surface area contributed by atoms with Crippen molar-refractivity contribution in [2.75, 3.05) is 12.0 Å². The molecule has 1 rings (SSSR count). The molecule has 0 unspecified atom stereocenters. The fourth-order valence-corrected chi connectivity index (χ4v) is 1.05. The largest absolute Gasteiger partial charge is 1.00 e. The number of hydrogen-bond donors (Lipinski definition) is 2. The Labute approximate surface area is 113 Å². The Kier molecular flexibility index (Phi) is 6.38. The molecule has 0 aromatic heterocycles. The Morgan fingerprint density at radius 2 is 1.75 bits per heavy atom. The first-order chi connectivity index (χ1) is 6.87. The third kappa shape index (κ3) is 6.36. The van der Waals surface area contributed by atoms with Crippen LogP contribution in [0, 0.1) is 11.6 Å². The van der Waals surface area contributed by atoms with E-state index in [1.165, 1.54) is 0 Å². The van der Waals surface area contributed by atoms with Gasteiger partial charge in [0.2, 0.25) is 0 Å². The summed E-state index contributed by atoms with van der Waals surface area (Å²) in [5.41, 5.74) is -0.00356. The van der Waals surface area contributed by atoms with Crippen molar-refractivity contribution >= 4 is 16.1 Å². The van der Waals surface area contributed by atoms with E-state index in [-0.39, 0.29) is 35.2 Å². The minimum absolute atomic E-state index is 0. The summed E-state index contributed by atoms with van der Waals surface area (Å²) in [5.74, 6) is -1.63. The van der Waals surface area contributed by atoms with Crippen molar-refractivity contribution in [1.82, 2.24) is 0 Å². The van der Waals surface area contributed by atoms with E-state index in [9.17, 15) is 17.2 Å². The molecule has 1 aromatic carbocycles. The normalized spacial score (nSPS) is 10.7. The van der Waals surface area contributed by atoms with Crippen LogP contribution >= 0.6 is 0 Å². The fourth-order valence-electron chi connectivity index (χ4n) is 0.843. The van der Waals surface area contributed by atoms with E-state index in [1.54, 1.807) is 0 Å². The average Bonchev–Trinajstić information content (AvgIpc) is 1.99. The van der Waals surface area contributed by atoms with E-state index < -0.39 is 28.8 Å². The van der Waals surface area contributed by atoms with Crippen molar-refractivity contribution in [1.29, 1.82) is 0 Å². The molecule has 0 amide bonds. The zero-order chi connectivity index (χ0) is 11.5. The molecular formula is C7H7F2NNaO4S+. The molecule has 0 fully saturated rings. The SMILES string of the molecule is O=S(=O)(O)OCNc1cc(F)cc(F)c1.[Na+]. The van der Waals surface area contributed by atoms with E-state index in [1.807, 2.05) is 0 Å². The summed E-state index contributed by atoms with van der Waals surface area (Å²) in [6.07, 6.45) is 0. The quantitative estimate of drug-likeness (QED) is 0.379. The van der Waals surface area contributed by atoms with E-state index >= 15 is 0 Å². The number of anilines is 1. The van der Waals surface area contributed by atoms with Crippen LogP contribution in [0.3, 0.4) is 0 Å². The first-order valence-electron chi connectivity index (χ1n) is 3.68. The van der Waals surface area contributed by atoms with Crippen LogP contribution in [0.1, 0.15) is 0 Å². The average molecular weight is 262 g/mol. The van der Waals surface area contributed by atoms with Crippen LogP contribution in [0.15, 0.2) is 18.2 Å². The Bertz CT molecular complexity index is 433. The second-order valence-corrected chi connectivity index (χ2v) is 3.62. The first-order valence-corrected chi connectivity index (χ1v) is 5.05. The van der Waals surface area contributed by atoms with Crippen molar-refractivity contribution < 1.29 is 55.5 Å². The second kappa shape index (κ2) is 6.48. The fraction of sp³-hybridized carbons (Fsp3) is 0.143. The standard InChI is InChI=1S/C7H7F2NO4S.Na/c8-5-1-6(9)3-7(2-5)10-4-14-15(11,12)13;/h1-3,10H,4H2,(H,11,12,13);/q;+1. The van der Waals surface area contributed by atoms with E-state index in [2.05, 4.69) is 9.50 Å². The van der Waals surface area contributed by atoms with Crippen LogP contribution in [0.5, 0.6) is 0 Å². The molecule has 0 bridgehead atoms. The van der Waals surface area contributed by atoms with Crippen molar-refractivity contribution in [3.8, 4) is 0 Å². The molecule has 16 heavy (non-hydrogen) atoms. The third-order valence-electron chi connectivity index (χ3n) is 1.35. The Morgan fingerprint density at radius 3 is 2.19 bits per heavy atom. The molecule has 2 N–H and O–H groups in total. The molecule has 0 saturated carbocycles. The van der Waals surface area contributed by atoms with Gasteiger partial charge in [-0.25, -0.2) is 13.0 Å². The summed E-state index contributed by atoms with van der Waals surface area (Å²) < 4.78 is 57.5. The van der Waals surface area contributed by atoms with Gasteiger partial charge in [0.1, 0.15) is 18.4 Å². The van der Waals surface area contributed by atoms with E-state index in [4.69, 9.17) is 4.55 Å². The van der Waals surface area contributed by atoms with Gasteiger partial charge in [-0.3, -0.25) is 4.55 Å². The van der Waals surface area contributed by atoms with Crippen LogP contribution in [0.2, 0.25) is 0 Å². The van der Waals surface area contributed by atoms with Gasteiger partial charge in [0.25, 0.3) is 0 Å². The Morgan fingerprint density at radius 1 is 1.25 bits per heavy atom. The van der Waals surface area contributed by atoms with Crippen molar-refractivity contribution in [2.45, 2.75) is 0 Å². The van der Waals surface area contributed by atoms with Gasteiger partial charge in [0.15, 0.2) is 0 Å². The maximum atomic E-state index is 12.6. The number of halogens is 2. The van der Waals surface area contributed by atoms with Crippen LogP contribution in [-0.2, 0) is 14.6 Å². The Balaban J connectivity index is 0.00000225. The van der Waals surface area contributed by atoms with Gasteiger partial charge in [0, 0.05) is 11.8 Å². The monoisotopic (exact) mass is 262 g/mol. The van der Waals surface area contributed by atoms with Gasteiger partial charge in [-0.2, -0.15) is 8.42 Å². The van der Waals surface area contributed by atoms with Gasteiger partial charge in [-0.1, -0.05) is 0 Å². The Hall–Kier alpha value is -0.250. The number of nitrogens with one attached hydrogen (secondary N) is 1. The first kappa shape index (κ1) is 15.8. The van der Waals surface area contributed by atoms with Crippen molar-refractivity contribution in [3.05, 3.63) is 29.8 Å². The summed E-state index contributed by atoms with van der Waals surface area (Å²) >= 11 is 0. The zero-order valence-corrected chi connectivity index (χ0v) is 11.1. The molecule has 0 aliphatic carbocycles. The molecule has 0 spiro atoms. The van der Waals surface area contributed by atoms with Gasteiger partial charge in [0.05, 0.1) is 0 Å². The molecule has 1 aromatic rings. The maximum Gasteiger partial charge on any atom is 1.00 e. The summed E-state index contributed by atoms with van der Waals surface area (Å²) in [6, 6.07) is 2.54. The molecule has 9 heteroatoms. The zero-order valence-electron chi connectivity index (χ0n) is 8.28. The number of rotatable bonds is 4. The summed E-state index contributed by atoms with van der Waals surface area (Å²) in [5, 5.41) is 2.24. The molecule has 0 aliphatic heterocycles. The van der Waals surface area contributed by atoms with Gasteiger partial charge in [-0.05, 0) is 12.1 Å².